The van der Waals surface area contributed by atoms with E-state index >= 15 is 0 Å². The Balaban J connectivity index is 2.12. The molecule has 0 amide bonds. The number of nitrogens with zero attached hydrogens (tertiary/aromatic N) is 2. The van der Waals surface area contributed by atoms with Gasteiger partial charge in [-0.2, -0.15) is 0 Å². The van der Waals surface area contributed by atoms with Crippen molar-refractivity contribution in [2.24, 2.45) is 0 Å². The Hall–Kier alpha value is -3.14. The molecule has 0 bridgehead atoms. The Bertz CT molecular complexity index is 956. The standard InChI is InChI=1S/C17H18N2O7S/c1-18(27(3,23)24)13-6-4-12(5-7-13)15(20)11-26-17-10-14(19(21)22)8-9-16(17)25-2/h4-10H,11H2,1-3H3. The van der Waals surface area contributed by atoms with Crippen molar-refractivity contribution >= 4 is 27.2 Å². The van der Waals surface area contributed by atoms with Gasteiger partial charge in [-0.3, -0.25) is 19.2 Å². The second-order valence-electron chi connectivity index (χ2n) is 5.58. The summed E-state index contributed by atoms with van der Waals surface area (Å²) in [6.45, 7) is -0.362. The number of hydrogen-bond acceptors (Lipinski definition) is 7. The number of rotatable bonds is 8. The van der Waals surface area contributed by atoms with Crippen LogP contribution in [-0.4, -0.2) is 46.1 Å². The van der Waals surface area contributed by atoms with Gasteiger partial charge in [-0.25, -0.2) is 8.42 Å². The molecule has 0 fully saturated rings. The van der Waals surface area contributed by atoms with Crippen LogP contribution in [0.5, 0.6) is 11.5 Å². The Kier molecular flexibility index (Phi) is 6.01. The minimum atomic E-state index is -3.40. The maximum absolute atomic E-state index is 12.3. The molecule has 0 atom stereocenters. The minimum Gasteiger partial charge on any atom is -0.493 e. The molecule has 0 aliphatic heterocycles. The van der Waals surface area contributed by atoms with Gasteiger partial charge < -0.3 is 9.47 Å². The molecule has 0 spiro atoms. The lowest BCUT2D eigenvalue weighted by atomic mass is 10.1. The molecular weight excluding hydrogens is 376 g/mol. The first-order valence-corrected chi connectivity index (χ1v) is 9.50. The molecule has 0 unspecified atom stereocenters. The van der Waals surface area contributed by atoms with Gasteiger partial charge in [0.15, 0.2) is 23.9 Å². The summed E-state index contributed by atoms with van der Waals surface area (Å²) in [7, 11) is -0.611. The Morgan fingerprint density at radius 1 is 1.15 bits per heavy atom. The van der Waals surface area contributed by atoms with Crippen LogP contribution in [0.4, 0.5) is 11.4 Å². The molecule has 0 aliphatic rings. The number of carbonyl (C=O) groups excluding carboxylic acids is 1. The van der Waals surface area contributed by atoms with E-state index in [4.69, 9.17) is 9.47 Å². The number of nitro benzene ring substituents is 1. The fourth-order valence-corrected chi connectivity index (χ4v) is 2.67. The molecule has 2 aromatic carbocycles. The Morgan fingerprint density at radius 2 is 1.78 bits per heavy atom. The first kappa shape index (κ1) is 20.2. The molecule has 0 N–H and O–H groups in total. The number of nitro groups is 1. The summed E-state index contributed by atoms with van der Waals surface area (Å²) in [5, 5.41) is 10.9. The van der Waals surface area contributed by atoms with Crippen LogP contribution in [0.2, 0.25) is 0 Å². The van der Waals surface area contributed by atoms with Crippen molar-refractivity contribution in [1.82, 2.24) is 0 Å². The van der Waals surface area contributed by atoms with Crippen molar-refractivity contribution in [3.8, 4) is 11.5 Å². The molecule has 9 nitrogen and oxygen atoms in total. The van der Waals surface area contributed by atoms with E-state index in [1.165, 1.54) is 56.6 Å². The summed E-state index contributed by atoms with van der Waals surface area (Å²) in [6.07, 6.45) is 1.08. The minimum absolute atomic E-state index is 0.0773. The molecule has 0 radical (unpaired) electrons. The second-order valence-corrected chi connectivity index (χ2v) is 7.60. The monoisotopic (exact) mass is 394 g/mol. The van der Waals surface area contributed by atoms with Crippen LogP contribution >= 0.6 is 0 Å². The van der Waals surface area contributed by atoms with Crippen molar-refractivity contribution < 1.29 is 27.6 Å². The fourth-order valence-electron chi connectivity index (χ4n) is 2.17. The van der Waals surface area contributed by atoms with E-state index in [1.54, 1.807) is 0 Å². The number of hydrogen-bond donors (Lipinski definition) is 0. The van der Waals surface area contributed by atoms with Crippen LogP contribution in [0.15, 0.2) is 42.5 Å². The number of non-ortho nitro benzene ring substituents is 1. The SMILES string of the molecule is COc1ccc([N+](=O)[O-])cc1OCC(=O)c1ccc(N(C)S(C)(=O)=O)cc1. The number of Topliss-reactive ketones (excluding diaryl/α,β-unsaturated/α-hetero) is 1. The molecule has 0 aliphatic carbocycles. The molecule has 27 heavy (non-hydrogen) atoms. The van der Waals surface area contributed by atoms with Gasteiger partial charge >= 0.3 is 0 Å². The third kappa shape index (κ3) is 4.94. The van der Waals surface area contributed by atoms with Gasteiger partial charge in [0.1, 0.15) is 0 Å². The fraction of sp³-hybridized carbons (Fsp3) is 0.235. The molecule has 2 aromatic rings. The van der Waals surface area contributed by atoms with Crippen LogP contribution in [0.3, 0.4) is 0 Å². The Morgan fingerprint density at radius 3 is 2.30 bits per heavy atom. The van der Waals surface area contributed by atoms with Gasteiger partial charge in [0.25, 0.3) is 5.69 Å². The van der Waals surface area contributed by atoms with Gasteiger partial charge in [0.05, 0.1) is 30.0 Å². The van der Waals surface area contributed by atoms with Crippen molar-refractivity contribution in [2.45, 2.75) is 0 Å². The van der Waals surface area contributed by atoms with Gasteiger partial charge in [-0.1, -0.05) is 0 Å². The quantitative estimate of drug-likeness (QED) is 0.383. The maximum atomic E-state index is 12.3. The largest absolute Gasteiger partial charge is 0.493 e. The summed E-state index contributed by atoms with van der Waals surface area (Å²) < 4.78 is 34.6. The molecule has 0 aromatic heterocycles. The van der Waals surface area contributed by atoms with E-state index < -0.39 is 14.9 Å². The molecule has 0 saturated heterocycles. The zero-order valence-corrected chi connectivity index (χ0v) is 15.7. The average Bonchev–Trinajstić information content (AvgIpc) is 2.64. The lowest BCUT2D eigenvalue weighted by Crippen LogP contribution is -2.24. The summed E-state index contributed by atoms with van der Waals surface area (Å²) in [6, 6.07) is 9.79. The number of benzene rings is 2. The highest BCUT2D eigenvalue weighted by Gasteiger charge is 2.16. The first-order valence-electron chi connectivity index (χ1n) is 7.66. The average molecular weight is 394 g/mol. The molecule has 0 heterocycles. The smallest absolute Gasteiger partial charge is 0.273 e. The maximum Gasteiger partial charge on any atom is 0.273 e. The number of ether oxygens (including phenoxy) is 2. The lowest BCUT2D eigenvalue weighted by Gasteiger charge is -2.16. The van der Waals surface area contributed by atoms with Crippen LogP contribution in [-0.2, 0) is 10.0 Å². The third-order valence-corrected chi connectivity index (χ3v) is 4.97. The van der Waals surface area contributed by atoms with Crippen LogP contribution in [0.1, 0.15) is 10.4 Å². The number of anilines is 1. The van der Waals surface area contributed by atoms with Crippen LogP contribution in [0.25, 0.3) is 0 Å². The second kappa shape index (κ2) is 8.04. The van der Waals surface area contributed by atoms with E-state index in [2.05, 4.69) is 0 Å². The molecule has 2 rings (SSSR count). The zero-order valence-electron chi connectivity index (χ0n) is 14.9. The molecular formula is C17H18N2O7S. The highest BCUT2D eigenvalue weighted by atomic mass is 32.2. The lowest BCUT2D eigenvalue weighted by molar-refractivity contribution is -0.385. The summed E-state index contributed by atoms with van der Waals surface area (Å²) in [5.74, 6) is -0.0378. The summed E-state index contributed by atoms with van der Waals surface area (Å²) in [4.78, 5) is 22.6. The van der Waals surface area contributed by atoms with E-state index in [0.29, 0.717) is 11.3 Å². The number of sulfonamides is 1. The topological polar surface area (TPSA) is 116 Å². The first-order chi connectivity index (χ1) is 12.6. The summed E-state index contributed by atoms with van der Waals surface area (Å²) in [5.41, 5.74) is 0.534. The van der Waals surface area contributed by atoms with Crippen molar-refractivity contribution in [3.05, 3.63) is 58.1 Å². The third-order valence-electron chi connectivity index (χ3n) is 3.77. The molecule has 0 saturated carbocycles. The normalized spacial score (nSPS) is 10.9. The van der Waals surface area contributed by atoms with Gasteiger partial charge in [-0.15, -0.1) is 0 Å². The number of ketones is 1. The summed E-state index contributed by atoms with van der Waals surface area (Å²) >= 11 is 0. The molecule has 144 valence electrons. The number of methoxy groups -OCH3 is 1. The predicted octanol–water partition coefficient (Wildman–Crippen LogP) is 2.26. The van der Waals surface area contributed by atoms with Gasteiger partial charge in [0.2, 0.25) is 10.0 Å². The van der Waals surface area contributed by atoms with E-state index in [-0.39, 0.29) is 29.6 Å². The highest BCUT2D eigenvalue weighted by Crippen LogP contribution is 2.31. The van der Waals surface area contributed by atoms with Gasteiger partial charge in [-0.05, 0) is 30.3 Å². The van der Waals surface area contributed by atoms with Crippen molar-refractivity contribution in [1.29, 1.82) is 0 Å². The number of carbonyl (C=O) groups is 1. The predicted molar refractivity (Wildman–Crippen MR) is 99.2 cm³/mol. The van der Waals surface area contributed by atoms with Crippen molar-refractivity contribution in [2.75, 3.05) is 31.3 Å². The van der Waals surface area contributed by atoms with Crippen LogP contribution in [0, 0.1) is 10.1 Å². The van der Waals surface area contributed by atoms with Gasteiger partial charge in [0, 0.05) is 18.7 Å². The highest BCUT2D eigenvalue weighted by molar-refractivity contribution is 7.92. The molecule has 10 heteroatoms. The van der Waals surface area contributed by atoms with E-state index in [1.807, 2.05) is 0 Å². The van der Waals surface area contributed by atoms with Crippen LogP contribution < -0.4 is 13.8 Å². The van der Waals surface area contributed by atoms with E-state index in [9.17, 15) is 23.3 Å². The Labute approximate surface area is 156 Å². The zero-order chi connectivity index (χ0) is 20.2. The van der Waals surface area contributed by atoms with E-state index in [0.717, 1.165) is 10.6 Å². The van der Waals surface area contributed by atoms with Crippen molar-refractivity contribution in [3.63, 3.8) is 0 Å².